The molecule has 1 fully saturated rings. The van der Waals surface area contributed by atoms with E-state index in [1.54, 1.807) is 0 Å². The van der Waals surface area contributed by atoms with Crippen molar-refractivity contribution in [1.29, 1.82) is 0 Å². The number of likely N-dealkylation sites (tertiary alicyclic amines) is 1. The van der Waals surface area contributed by atoms with Crippen LogP contribution in [-0.2, 0) is 13.0 Å². The van der Waals surface area contributed by atoms with Gasteiger partial charge in [0.15, 0.2) is 0 Å². The number of H-pyrrole nitrogens is 1. The van der Waals surface area contributed by atoms with Crippen LogP contribution < -0.4 is 0 Å². The van der Waals surface area contributed by atoms with Crippen molar-refractivity contribution < 1.29 is 0 Å². The number of nitrogens with zero attached hydrogens (tertiary/aromatic N) is 3. The molecule has 1 aliphatic heterocycles. The van der Waals surface area contributed by atoms with Crippen LogP contribution in [0.25, 0.3) is 10.9 Å². The molecule has 0 bridgehead atoms. The second kappa shape index (κ2) is 8.18. The summed E-state index contributed by atoms with van der Waals surface area (Å²) in [6.45, 7) is 3.15. The van der Waals surface area contributed by atoms with Gasteiger partial charge in [0, 0.05) is 42.7 Å². The van der Waals surface area contributed by atoms with Gasteiger partial charge in [-0.15, -0.1) is 0 Å². The first kappa shape index (κ1) is 18.1. The lowest BCUT2D eigenvalue weighted by atomic mass is 9.90. The van der Waals surface area contributed by atoms with E-state index in [1.807, 2.05) is 18.5 Å². The van der Waals surface area contributed by atoms with Crippen molar-refractivity contribution in [3.05, 3.63) is 95.4 Å². The van der Waals surface area contributed by atoms with Gasteiger partial charge in [-0.05, 0) is 42.1 Å². The Morgan fingerprint density at radius 3 is 2.79 bits per heavy atom. The lowest BCUT2D eigenvalue weighted by molar-refractivity contribution is 0.198. The lowest BCUT2D eigenvalue weighted by Gasteiger charge is -2.33. The summed E-state index contributed by atoms with van der Waals surface area (Å²) in [5.74, 6) is 0.507. The monoisotopic (exact) mass is 382 g/mol. The van der Waals surface area contributed by atoms with Gasteiger partial charge in [-0.3, -0.25) is 15.0 Å². The van der Waals surface area contributed by atoms with E-state index in [1.165, 1.54) is 40.6 Å². The van der Waals surface area contributed by atoms with E-state index in [0.717, 1.165) is 31.6 Å². The smallest absolute Gasteiger partial charge is 0.0746 e. The number of nitrogens with one attached hydrogen (secondary N) is 1. The second-order valence-corrected chi connectivity index (χ2v) is 8.04. The molecule has 2 aromatic carbocycles. The molecular formula is C25H26N4. The van der Waals surface area contributed by atoms with Crippen LogP contribution in [0.3, 0.4) is 0 Å². The molecule has 3 heterocycles. The fourth-order valence-corrected chi connectivity index (χ4v) is 4.60. The Hall–Kier alpha value is -2.98. The van der Waals surface area contributed by atoms with E-state index in [9.17, 15) is 0 Å². The van der Waals surface area contributed by atoms with E-state index in [4.69, 9.17) is 0 Å². The van der Waals surface area contributed by atoms with Crippen LogP contribution >= 0.6 is 0 Å². The summed E-state index contributed by atoms with van der Waals surface area (Å²) in [5, 5.41) is 8.93. The predicted octanol–water partition coefficient (Wildman–Crippen LogP) is 4.93. The zero-order chi connectivity index (χ0) is 19.5. The molecule has 0 saturated carbocycles. The van der Waals surface area contributed by atoms with Crippen LogP contribution in [0.4, 0.5) is 0 Å². The molecule has 4 nitrogen and oxygen atoms in total. The van der Waals surface area contributed by atoms with E-state index in [0.29, 0.717) is 5.92 Å². The zero-order valence-electron chi connectivity index (χ0n) is 16.6. The minimum atomic E-state index is 0.507. The molecular weight excluding hydrogens is 356 g/mol. The Morgan fingerprint density at radius 2 is 1.86 bits per heavy atom. The van der Waals surface area contributed by atoms with Crippen LogP contribution in [0.2, 0.25) is 0 Å². The van der Waals surface area contributed by atoms with E-state index in [2.05, 4.69) is 74.7 Å². The summed E-state index contributed by atoms with van der Waals surface area (Å²) < 4.78 is 0. The Morgan fingerprint density at radius 1 is 0.966 bits per heavy atom. The standard InChI is InChI=1S/C25H26N4/c1-2-7-19(8-3-1)15-23-16-27-28-25(23)22-12-6-14-29(18-22)17-21-10-4-9-20-11-5-13-26-24(20)21/h1-5,7-11,13,16,22H,6,12,14-15,17-18H2,(H,27,28). The zero-order valence-corrected chi connectivity index (χ0v) is 16.6. The maximum atomic E-state index is 4.63. The number of hydrogen-bond donors (Lipinski definition) is 1. The van der Waals surface area contributed by atoms with Crippen molar-refractivity contribution in [3.63, 3.8) is 0 Å². The van der Waals surface area contributed by atoms with E-state index >= 15 is 0 Å². The number of rotatable bonds is 5. The molecule has 4 heteroatoms. The summed E-state index contributed by atoms with van der Waals surface area (Å²) in [6.07, 6.45) is 7.28. The molecule has 1 N–H and O–H groups in total. The first-order chi connectivity index (χ1) is 14.4. The number of para-hydroxylation sites is 1. The largest absolute Gasteiger partial charge is 0.298 e. The molecule has 146 valence electrons. The Kier molecular flexibility index (Phi) is 5.10. The maximum absolute atomic E-state index is 4.63. The van der Waals surface area contributed by atoms with Crippen molar-refractivity contribution in [2.45, 2.75) is 31.7 Å². The number of aromatic amines is 1. The molecule has 1 unspecified atom stereocenters. The fourth-order valence-electron chi connectivity index (χ4n) is 4.60. The van der Waals surface area contributed by atoms with Gasteiger partial charge in [-0.25, -0.2) is 0 Å². The Bertz CT molecular complexity index is 1080. The number of piperidine rings is 1. The number of benzene rings is 2. The Balaban J connectivity index is 1.33. The maximum Gasteiger partial charge on any atom is 0.0746 e. The first-order valence-electron chi connectivity index (χ1n) is 10.5. The van der Waals surface area contributed by atoms with Gasteiger partial charge < -0.3 is 0 Å². The van der Waals surface area contributed by atoms with Crippen molar-refractivity contribution in [3.8, 4) is 0 Å². The van der Waals surface area contributed by atoms with Gasteiger partial charge in [0.2, 0.25) is 0 Å². The third-order valence-corrected chi connectivity index (χ3v) is 6.01. The van der Waals surface area contributed by atoms with Crippen LogP contribution in [0.5, 0.6) is 0 Å². The minimum absolute atomic E-state index is 0.507. The van der Waals surface area contributed by atoms with E-state index in [-0.39, 0.29) is 0 Å². The van der Waals surface area contributed by atoms with Crippen LogP contribution in [-0.4, -0.2) is 33.2 Å². The second-order valence-electron chi connectivity index (χ2n) is 8.04. The average Bonchev–Trinajstić information content (AvgIpc) is 3.23. The van der Waals surface area contributed by atoms with Crippen molar-refractivity contribution in [2.24, 2.45) is 0 Å². The summed E-state index contributed by atoms with van der Waals surface area (Å²) in [4.78, 5) is 7.21. The summed E-state index contributed by atoms with van der Waals surface area (Å²) in [7, 11) is 0. The highest BCUT2D eigenvalue weighted by Gasteiger charge is 2.25. The molecule has 4 aromatic rings. The molecule has 0 amide bonds. The molecule has 0 spiro atoms. The van der Waals surface area contributed by atoms with Gasteiger partial charge in [-0.2, -0.15) is 5.10 Å². The van der Waals surface area contributed by atoms with Crippen molar-refractivity contribution in [1.82, 2.24) is 20.1 Å². The third kappa shape index (κ3) is 3.94. The van der Waals surface area contributed by atoms with Gasteiger partial charge in [0.1, 0.15) is 0 Å². The van der Waals surface area contributed by atoms with Crippen LogP contribution in [0.15, 0.2) is 73.1 Å². The molecule has 0 radical (unpaired) electrons. The predicted molar refractivity (Wildman–Crippen MR) is 117 cm³/mol. The summed E-state index contributed by atoms with van der Waals surface area (Å²) in [5.41, 5.74) is 6.43. The van der Waals surface area contributed by atoms with Crippen LogP contribution in [0.1, 0.15) is 41.1 Å². The molecule has 2 aromatic heterocycles. The van der Waals surface area contributed by atoms with Gasteiger partial charge >= 0.3 is 0 Å². The number of aromatic nitrogens is 3. The number of hydrogen-bond acceptors (Lipinski definition) is 3. The molecule has 1 atom stereocenters. The molecule has 1 saturated heterocycles. The van der Waals surface area contributed by atoms with Crippen LogP contribution in [0, 0.1) is 0 Å². The lowest BCUT2D eigenvalue weighted by Crippen LogP contribution is -2.34. The van der Waals surface area contributed by atoms with Crippen molar-refractivity contribution in [2.75, 3.05) is 13.1 Å². The molecule has 29 heavy (non-hydrogen) atoms. The fraction of sp³-hybridized carbons (Fsp3) is 0.280. The highest BCUT2D eigenvalue weighted by Crippen LogP contribution is 2.30. The summed E-state index contributed by atoms with van der Waals surface area (Å²) in [6, 6.07) is 21.3. The number of pyridine rings is 1. The molecule has 5 rings (SSSR count). The van der Waals surface area contributed by atoms with Gasteiger partial charge in [0.25, 0.3) is 0 Å². The topological polar surface area (TPSA) is 44.8 Å². The highest BCUT2D eigenvalue weighted by molar-refractivity contribution is 5.81. The first-order valence-corrected chi connectivity index (χ1v) is 10.5. The average molecular weight is 383 g/mol. The third-order valence-electron chi connectivity index (χ3n) is 6.01. The highest BCUT2D eigenvalue weighted by atomic mass is 15.2. The molecule has 0 aliphatic carbocycles. The van der Waals surface area contributed by atoms with Gasteiger partial charge in [0.05, 0.1) is 11.7 Å². The van der Waals surface area contributed by atoms with Crippen molar-refractivity contribution >= 4 is 10.9 Å². The quantitative estimate of drug-likeness (QED) is 0.532. The van der Waals surface area contributed by atoms with Gasteiger partial charge in [-0.1, -0.05) is 54.6 Å². The Labute approximate surface area is 171 Å². The number of fused-ring (bicyclic) bond motifs is 1. The summed E-state index contributed by atoms with van der Waals surface area (Å²) >= 11 is 0. The van der Waals surface area contributed by atoms with E-state index < -0.39 is 0 Å². The SMILES string of the molecule is c1ccc(Cc2cn[nH]c2C2CCCN(Cc3cccc4cccnc34)C2)cc1. The normalized spacial score (nSPS) is 17.6. The molecule has 1 aliphatic rings. The minimum Gasteiger partial charge on any atom is -0.298 e.